The highest BCUT2D eigenvalue weighted by Crippen LogP contribution is 2.13. The molecule has 0 bridgehead atoms. The van der Waals surface area contributed by atoms with Crippen LogP contribution in [0.4, 0.5) is 0 Å². The van der Waals surface area contributed by atoms with Gasteiger partial charge in [0.2, 0.25) is 11.9 Å². The number of rotatable bonds is 9. The highest BCUT2D eigenvalue weighted by molar-refractivity contribution is 6.01. The molecule has 0 unspecified atom stereocenters. The summed E-state index contributed by atoms with van der Waals surface area (Å²) < 4.78 is 0. The van der Waals surface area contributed by atoms with Crippen molar-refractivity contribution >= 4 is 23.3 Å². The van der Waals surface area contributed by atoms with Crippen LogP contribution in [0.2, 0.25) is 0 Å². The fraction of sp³-hybridized carbons (Fsp3) is 0.200. The molecule has 0 saturated carbocycles. The third kappa shape index (κ3) is 7.28. The van der Waals surface area contributed by atoms with Crippen LogP contribution in [0.1, 0.15) is 36.8 Å². The maximum absolute atomic E-state index is 5.41. The largest absolute Gasteiger partial charge is 0.369 e. The summed E-state index contributed by atoms with van der Waals surface area (Å²) in [5.74, 6) is -0.131. The predicted molar refractivity (Wildman–Crippen MR) is 116 cm³/mol. The van der Waals surface area contributed by atoms with Gasteiger partial charge in [0.25, 0.3) is 0 Å². The molecule has 0 aromatic heterocycles. The number of hydrogen-bond acceptors (Lipinski definition) is 4. The first-order chi connectivity index (χ1) is 13.6. The Kier molecular flexibility index (Phi) is 8.19. The Hall–Kier alpha value is -3.68. The minimum Gasteiger partial charge on any atom is -0.369 e. The molecule has 8 nitrogen and oxygen atoms in total. The number of unbranched alkanes of at least 4 members (excludes halogenated alkanes) is 1. The van der Waals surface area contributed by atoms with Crippen LogP contribution in [0, 0.1) is 0 Å². The lowest BCUT2D eigenvalue weighted by Crippen LogP contribution is -2.22. The van der Waals surface area contributed by atoms with Crippen LogP contribution >= 0.6 is 0 Å². The molecule has 146 valence electrons. The zero-order chi connectivity index (χ0) is 20.2. The van der Waals surface area contributed by atoms with Gasteiger partial charge >= 0.3 is 0 Å². The second-order valence-corrected chi connectivity index (χ2v) is 6.08. The molecule has 0 heterocycles. The van der Waals surface area contributed by atoms with E-state index >= 15 is 0 Å². The van der Waals surface area contributed by atoms with Gasteiger partial charge in [-0.15, -0.1) is 10.2 Å². The van der Waals surface area contributed by atoms with Gasteiger partial charge in [0.1, 0.15) is 0 Å². The van der Waals surface area contributed by atoms with Gasteiger partial charge in [-0.2, -0.15) is 10.2 Å². The van der Waals surface area contributed by atoms with Crippen LogP contribution in [0.25, 0.3) is 0 Å². The number of guanidine groups is 2. The van der Waals surface area contributed by atoms with Crippen molar-refractivity contribution in [2.24, 2.45) is 43.3 Å². The highest BCUT2D eigenvalue weighted by atomic mass is 15.3. The maximum atomic E-state index is 5.41. The SMILES string of the molecule is NC(N)=N/N=C(/CCCC/C(=N/N=C(N)N)c1ccccc1)c1ccccc1. The van der Waals surface area contributed by atoms with E-state index < -0.39 is 0 Å². The van der Waals surface area contributed by atoms with Crippen molar-refractivity contribution in [2.45, 2.75) is 25.7 Å². The molecule has 0 fully saturated rings. The van der Waals surface area contributed by atoms with Crippen LogP contribution < -0.4 is 22.9 Å². The van der Waals surface area contributed by atoms with Gasteiger partial charge in [-0.05, 0) is 36.8 Å². The lowest BCUT2D eigenvalue weighted by Gasteiger charge is -2.07. The Balaban J connectivity index is 2.04. The average Bonchev–Trinajstić information content (AvgIpc) is 2.70. The first kappa shape index (κ1) is 20.6. The Morgan fingerprint density at radius 2 is 0.893 bits per heavy atom. The highest BCUT2D eigenvalue weighted by Gasteiger charge is 2.07. The number of nitrogens with zero attached hydrogens (tertiary/aromatic N) is 4. The van der Waals surface area contributed by atoms with Gasteiger partial charge in [-0.1, -0.05) is 60.7 Å². The van der Waals surface area contributed by atoms with E-state index in [1.54, 1.807) is 0 Å². The average molecular weight is 378 g/mol. The van der Waals surface area contributed by atoms with Crippen LogP contribution in [0.5, 0.6) is 0 Å². The van der Waals surface area contributed by atoms with Gasteiger partial charge in [-0.3, -0.25) is 0 Å². The smallest absolute Gasteiger partial charge is 0.211 e. The zero-order valence-corrected chi connectivity index (χ0v) is 15.7. The summed E-state index contributed by atoms with van der Waals surface area (Å²) in [5.41, 5.74) is 25.3. The summed E-state index contributed by atoms with van der Waals surface area (Å²) in [6.45, 7) is 0. The fourth-order valence-electron chi connectivity index (χ4n) is 2.59. The van der Waals surface area contributed by atoms with E-state index in [0.717, 1.165) is 48.2 Å². The molecule has 0 aliphatic rings. The van der Waals surface area contributed by atoms with Crippen molar-refractivity contribution in [1.82, 2.24) is 0 Å². The molecule has 2 rings (SSSR count). The van der Waals surface area contributed by atoms with Crippen LogP contribution in [0.3, 0.4) is 0 Å². The minimum absolute atomic E-state index is 0.0656. The lowest BCUT2D eigenvalue weighted by atomic mass is 10.0. The van der Waals surface area contributed by atoms with Crippen LogP contribution in [-0.2, 0) is 0 Å². The summed E-state index contributed by atoms with van der Waals surface area (Å²) in [5, 5.41) is 16.0. The fourth-order valence-corrected chi connectivity index (χ4v) is 2.59. The van der Waals surface area contributed by atoms with Crippen molar-refractivity contribution in [3.8, 4) is 0 Å². The topological polar surface area (TPSA) is 154 Å². The Morgan fingerprint density at radius 3 is 1.21 bits per heavy atom. The Bertz CT molecular complexity index is 773. The second kappa shape index (κ2) is 11.1. The normalized spacial score (nSPS) is 11.7. The van der Waals surface area contributed by atoms with Crippen molar-refractivity contribution < 1.29 is 0 Å². The molecule has 0 amide bonds. The summed E-state index contributed by atoms with van der Waals surface area (Å²) in [7, 11) is 0. The van der Waals surface area contributed by atoms with Gasteiger partial charge in [0.15, 0.2) is 0 Å². The summed E-state index contributed by atoms with van der Waals surface area (Å²) >= 11 is 0. The third-order valence-corrected chi connectivity index (χ3v) is 3.86. The van der Waals surface area contributed by atoms with Crippen molar-refractivity contribution in [2.75, 3.05) is 0 Å². The van der Waals surface area contributed by atoms with Crippen molar-refractivity contribution in [3.63, 3.8) is 0 Å². The molecule has 28 heavy (non-hydrogen) atoms. The van der Waals surface area contributed by atoms with E-state index in [2.05, 4.69) is 20.4 Å². The second-order valence-electron chi connectivity index (χ2n) is 6.08. The van der Waals surface area contributed by atoms with E-state index in [9.17, 15) is 0 Å². The standard InChI is InChI=1S/C20H26N8/c21-19(22)27-25-17(15-9-3-1-4-10-15)13-7-8-14-18(26-28-20(23)24)16-11-5-2-6-12-16/h1-6,9-12H,7-8,13-14H2,(H4,21,22,27)(H4,23,24,28)/b25-17-,26-18-. The number of benzene rings is 2. The zero-order valence-electron chi connectivity index (χ0n) is 15.7. The Labute approximate surface area is 164 Å². The molecule has 0 saturated heterocycles. The monoisotopic (exact) mass is 378 g/mol. The quantitative estimate of drug-likeness (QED) is 0.228. The van der Waals surface area contributed by atoms with Crippen LogP contribution in [-0.4, -0.2) is 23.3 Å². The molecule has 0 aliphatic carbocycles. The van der Waals surface area contributed by atoms with Gasteiger partial charge in [-0.25, -0.2) is 0 Å². The van der Waals surface area contributed by atoms with Gasteiger partial charge < -0.3 is 22.9 Å². The predicted octanol–water partition coefficient (Wildman–Crippen LogP) is 1.90. The molecular formula is C20H26N8. The van der Waals surface area contributed by atoms with E-state index in [1.807, 2.05) is 60.7 Å². The minimum atomic E-state index is -0.0656. The molecule has 0 atom stereocenters. The summed E-state index contributed by atoms with van der Waals surface area (Å²) in [6, 6.07) is 19.7. The third-order valence-electron chi connectivity index (χ3n) is 3.86. The molecule has 2 aromatic rings. The van der Waals surface area contributed by atoms with Crippen molar-refractivity contribution in [1.29, 1.82) is 0 Å². The van der Waals surface area contributed by atoms with E-state index in [-0.39, 0.29) is 11.9 Å². The molecule has 0 aliphatic heterocycles. The van der Waals surface area contributed by atoms with E-state index in [1.165, 1.54) is 0 Å². The Morgan fingerprint density at radius 1 is 0.536 bits per heavy atom. The van der Waals surface area contributed by atoms with Crippen LogP contribution in [0.15, 0.2) is 81.1 Å². The van der Waals surface area contributed by atoms with Gasteiger partial charge in [0.05, 0.1) is 11.4 Å². The molecular weight excluding hydrogens is 352 g/mol. The molecule has 8 N–H and O–H groups in total. The van der Waals surface area contributed by atoms with E-state index in [4.69, 9.17) is 22.9 Å². The summed E-state index contributed by atoms with van der Waals surface area (Å²) in [6.07, 6.45) is 3.21. The number of nitrogens with two attached hydrogens (primary N) is 4. The number of hydrogen-bond donors (Lipinski definition) is 4. The molecule has 8 heteroatoms. The maximum Gasteiger partial charge on any atom is 0.211 e. The van der Waals surface area contributed by atoms with Crippen molar-refractivity contribution in [3.05, 3.63) is 71.8 Å². The molecule has 0 spiro atoms. The first-order valence-corrected chi connectivity index (χ1v) is 8.98. The first-order valence-electron chi connectivity index (χ1n) is 8.98. The van der Waals surface area contributed by atoms with Gasteiger partial charge in [0, 0.05) is 0 Å². The van der Waals surface area contributed by atoms with E-state index in [0.29, 0.717) is 0 Å². The molecule has 0 radical (unpaired) electrons. The summed E-state index contributed by atoms with van der Waals surface area (Å²) in [4.78, 5) is 0. The molecule has 2 aromatic carbocycles. The lowest BCUT2D eigenvalue weighted by molar-refractivity contribution is 0.791.